The first kappa shape index (κ1) is 32.7. The third-order valence-electron chi connectivity index (χ3n) is 7.12. The molecule has 226 valence electrons. The quantitative estimate of drug-likeness (QED) is 0.233. The van der Waals surface area contributed by atoms with Crippen molar-refractivity contribution in [2.45, 2.75) is 58.5 Å². The van der Waals surface area contributed by atoms with Gasteiger partial charge in [-0.2, -0.15) is 0 Å². The molecule has 0 spiro atoms. The van der Waals surface area contributed by atoms with Crippen molar-refractivity contribution in [3.8, 4) is 5.75 Å². The zero-order chi connectivity index (χ0) is 30.5. The number of sulfonamides is 1. The van der Waals surface area contributed by atoms with E-state index in [-0.39, 0.29) is 31.3 Å². The number of aryl methyl sites for hydroxylation is 1. The highest BCUT2D eigenvalue weighted by Crippen LogP contribution is 2.24. The molecule has 0 heterocycles. The smallest absolute Gasteiger partial charge is 0.243 e. The van der Waals surface area contributed by atoms with E-state index in [9.17, 15) is 18.0 Å². The van der Waals surface area contributed by atoms with E-state index >= 15 is 0 Å². The van der Waals surface area contributed by atoms with Gasteiger partial charge < -0.3 is 15.0 Å². The van der Waals surface area contributed by atoms with Crippen LogP contribution in [0.5, 0.6) is 5.75 Å². The number of hydrogen-bond donors (Lipinski definition) is 1. The van der Waals surface area contributed by atoms with Crippen LogP contribution < -0.4 is 14.4 Å². The van der Waals surface area contributed by atoms with Gasteiger partial charge in [-0.05, 0) is 54.7 Å². The third-order valence-corrected chi connectivity index (χ3v) is 8.30. The van der Waals surface area contributed by atoms with Crippen LogP contribution in [0.1, 0.15) is 49.3 Å². The maximum absolute atomic E-state index is 13.9. The van der Waals surface area contributed by atoms with Gasteiger partial charge in [0.2, 0.25) is 21.8 Å². The van der Waals surface area contributed by atoms with Crippen LogP contribution in [0, 0.1) is 6.92 Å². The number of rotatable bonds is 16. The molecule has 0 radical (unpaired) electrons. The Morgan fingerprint density at radius 3 is 2.29 bits per heavy atom. The van der Waals surface area contributed by atoms with Crippen molar-refractivity contribution in [2.24, 2.45) is 0 Å². The summed E-state index contributed by atoms with van der Waals surface area (Å²) in [6.45, 7) is 4.81. The molecule has 0 unspecified atom stereocenters. The lowest BCUT2D eigenvalue weighted by Crippen LogP contribution is -2.50. The van der Waals surface area contributed by atoms with Crippen LogP contribution in [-0.2, 0) is 32.6 Å². The molecule has 0 saturated heterocycles. The molecule has 1 atom stereocenters. The van der Waals surface area contributed by atoms with E-state index in [2.05, 4.69) is 12.2 Å². The standard InChI is InChI=1S/C33H43N3O5S/c1-5-6-21-34-33(38)31(24-27-15-8-7-9-16-27)35(25-28-17-12-18-29(23-28)41-3)32(37)20-13-22-36(42(4,39)40)30-19-11-10-14-26(30)2/h7-12,14-19,23,31H,5-6,13,20-22,24-25H2,1-4H3,(H,34,38)/t31-/m1/s1. The number of nitrogens with zero attached hydrogens (tertiary/aromatic N) is 2. The minimum atomic E-state index is -3.57. The van der Waals surface area contributed by atoms with Crippen molar-refractivity contribution in [3.63, 3.8) is 0 Å². The first-order valence-corrected chi connectivity index (χ1v) is 16.3. The second-order valence-electron chi connectivity index (χ2n) is 10.4. The molecule has 3 rings (SSSR count). The van der Waals surface area contributed by atoms with Gasteiger partial charge in [-0.15, -0.1) is 0 Å². The predicted octanol–water partition coefficient (Wildman–Crippen LogP) is 5.11. The molecule has 42 heavy (non-hydrogen) atoms. The summed E-state index contributed by atoms with van der Waals surface area (Å²) in [4.78, 5) is 29.2. The summed E-state index contributed by atoms with van der Waals surface area (Å²) < 4.78 is 32.1. The fraction of sp³-hybridized carbons (Fsp3) is 0.394. The van der Waals surface area contributed by atoms with Crippen LogP contribution in [0.3, 0.4) is 0 Å². The van der Waals surface area contributed by atoms with Gasteiger partial charge in [-0.25, -0.2) is 8.42 Å². The summed E-state index contributed by atoms with van der Waals surface area (Å²) in [5, 5.41) is 3.02. The van der Waals surface area contributed by atoms with Crippen LogP contribution in [0.15, 0.2) is 78.9 Å². The summed E-state index contributed by atoms with van der Waals surface area (Å²) in [6, 6.07) is 23.7. The number of hydrogen-bond acceptors (Lipinski definition) is 5. The van der Waals surface area contributed by atoms with Crippen LogP contribution in [0.25, 0.3) is 0 Å². The number of amides is 2. The van der Waals surface area contributed by atoms with Crippen LogP contribution in [0.2, 0.25) is 0 Å². The van der Waals surface area contributed by atoms with Gasteiger partial charge in [0.15, 0.2) is 0 Å². The minimum Gasteiger partial charge on any atom is -0.497 e. The number of carbonyl (C=O) groups excluding carboxylic acids is 2. The number of carbonyl (C=O) groups is 2. The Kier molecular flexibility index (Phi) is 12.4. The minimum absolute atomic E-state index is 0.0788. The van der Waals surface area contributed by atoms with Crippen molar-refractivity contribution in [1.82, 2.24) is 10.2 Å². The molecule has 0 fully saturated rings. The van der Waals surface area contributed by atoms with Crippen molar-refractivity contribution in [1.29, 1.82) is 0 Å². The second kappa shape index (κ2) is 16.0. The monoisotopic (exact) mass is 593 g/mol. The summed E-state index contributed by atoms with van der Waals surface area (Å²) >= 11 is 0. The number of methoxy groups -OCH3 is 1. The summed E-state index contributed by atoms with van der Waals surface area (Å²) in [5.74, 6) is 0.234. The van der Waals surface area contributed by atoms with Crippen molar-refractivity contribution < 1.29 is 22.7 Å². The van der Waals surface area contributed by atoms with Gasteiger partial charge in [-0.1, -0.05) is 74.0 Å². The average molecular weight is 594 g/mol. The molecule has 0 aliphatic rings. The molecule has 0 aliphatic carbocycles. The molecule has 3 aromatic rings. The zero-order valence-electron chi connectivity index (χ0n) is 25.1. The topological polar surface area (TPSA) is 96.0 Å². The molecule has 0 aliphatic heterocycles. The maximum Gasteiger partial charge on any atom is 0.243 e. The number of benzene rings is 3. The van der Waals surface area contributed by atoms with Crippen molar-refractivity contribution in [2.75, 3.05) is 30.8 Å². The number of anilines is 1. The fourth-order valence-corrected chi connectivity index (χ4v) is 5.88. The van der Waals surface area contributed by atoms with Crippen molar-refractivity contribution >= 4 is 27.5 Å². The van der Waals surface area contributed by atoms with E-state index < -0.39 is 16.1 Å². The van der Waals surface area contributed by atoms with Crippen LogP contribution in [-0.4, -0.2) is 57.6 Å². The van der Waals surface area contributed by atoms with Crippen molar-refractivity contribution in [3.05, 3.63) is 95.6 Å². The maximum atomic E-state index is 13.9. The van der Waals surface area contributed by atoms with E-state index in [0.717, 1.165) is 29.5 Å². The van der Waals surface area contributed by atoms with Gasteiger partial charge in [-0.3, -0.25) is 13.9 Å². The molecular formula is C33H43N3O5S. The lowest BCUT2D eigenvalue weighted by Gasteiger charge is -2.32. The second-order valence-corrected chi connectivity index (χ2v) is 12.4. The molecule has 1 N–H and O–H groups in total. The Labute approximate surface area is 250 Å². The largest absolute Gasteiger partial charge is 0.497 e. The summed E-state index contributed by atoms with van der Waals surface area (Å²) in [5.41, 5.74) is 3.21. The first-order valence-electron chi connectivity index (χ1n) is 14.4. The van der Waals surface area contributed by atoms with Gasteiger partial charge in [0, 0.05) is 32.5 Å². The highest BCUT2D eigenvalue weighted by atomic mass is 32.2. The Morgan fingerprint density at radius 2 is 1.62 bits per heavy atom. The molecule has 9 heteroatoms. The average Bonchev–Trinajstić information content (AvgIpc) is 2.97. The van der Waals surface area contributed by atoms with Crippen LogP contribution in [0.4, 0.5) is 5.69 Å². The van der Waals surface area contributed by atoms with Gasteiger partial charge in [0.1, 0.15) is 11.8 Å². The van der Waals surface area contributed by atoms with Gasteiger partial charge >= 0.3 is 0 Å². The summed E-state index contributed by atoms with van der Waals surface area (Å²) in [7, 11) is -1.98. The normalized spacial score (nSPS) is 11.9. The Balaban J connectivity index is 1.89. The molecule has 0 bridgehead atoms. The highest BCUT2D eigenvalue weighted by molar-refractivity contribution is 7.92. The number of ether oxygens (including phenoxy) is 1. The zero-order valence-corrected chi connectivity index (χ0v) is 25.9. The van der Waals surface area contributed by atoms with E-state index in [0.29, 0.717) is 30.8 Å². The first-order chi connectivity index (χ1) is 20.1. The van der Waals surface area contributed by atoms with E-state index in [4.69, 9.17) is 4.74 Å². The lowest BCUT2D eigenvalue weighted by atomic mass is 10.0. The third kappa shape index (κ3) is 9.62. The molecule has 0 saturated carbocycles. The summed E-state index contributed by atoms with van der Waals surface area (Å²) in [6.07, 6.45) is 3.68. The Bertz CT molecular complexity index is 1410. The molecule has 3 aromatic carbocycles. The van der Waals surface area contributed by atoms with E-state index in [1.807, 2.05) is 73.7 Å². The Morgan fingerprint density at radius 1 is 0.929 bits per heavy atom. The highest BCUT2D eigenvalue weighted by Gasteiger charge is 2.30. The number of unbranched alkanes of at least 4 members (excludes halogenated alkanes) is 1. The SMILES string of the molecule is CCCCNC(=O)[C@@H](Cc1ccccc1)N(Cc1cccc(OC)c1)C(=O)CCCN(c1ccccc1C)S(C)(=O)=O. The van der Waals surface area contributed by atoms with E-state index in [1.54, 1.807) is 24.1 Å². The predicted molar refractivity (Wildman–Crippen MR) is 168 cm³/mol. The van der Waals surface area contributed by atoms with E-state index in [1.165, 1.54) is 10.6 Å². The molecule has 2 amide bonds. The number of para-hydroxylation sites is 1. The number of nitrogens with one attached hydrogen (secondary N) is 1. The Hall–Kier alpha value is -3.85. The molecule has 8 nitrogen and oxygen atoms in total. The van der Waals surface area contributed by atoms with Crippen LogP contribution >= 0.6 is 0 Å². The molecular weight excluding hydrogens is 550 g/mol. The lowest BCUT2D eigenvalue weighted by molar-refractivity contribution is -0.141. The van der Waals surface area contributed by atoms with Gasteiger partial charge in [0.05, 0.1) is 19.1 Å². The molecule has 0 aromatic heterocycles. The van der Waals surface area contributed by atoms with Gasteiger partial charge in [0.25, 0.3) is 0 Å². The fourth-order valence-electron chi connectivity index (χ4n) is 4.85.